The molecular formula is C20H31FN2O3S. The number of benzene rings is 1. The van der Waals surface area contributed by atoms with Crippen LogP contribution in [0.5, 0.6) is 0 Å². The van der Waals surface area contributed by atoms with Crippen molar-refractivity contribution in [2.45, 2.75) is 57.8 Å². The molecule has 1 saturated heterocycles. The number of hydrogen-bond donors (Lipinski definition) is 1. The molecule has 2 rings (SSSR count). The number of halogens is 1. The molecule has 0 bridgehead atoms. The van der Waals surface area contributed by atoms with Gasteiger partial charge in [0.25, 0.3) is 0 Å². The molecule has 1 amide bonds. The Hall–Kier alpha value is -1.47. The Morgan fingerprint density at radius 1 is 1.04 bits per heavy atom. The van der Waals surface area contributed by atoms with Crippen LogP contribution in [-0.2, 0) is 21.2 Å². The summed E-state index contributed by atoms with van der Waals surface area (Å²) in [5.41, 5.74) is 0.707. The molecule has 27 heavy (non-hydrogen) atoms. The highest BCUT2D eigenvalue weighted by molar-refractivity contribution is 7.89. The summed E-state index contributed by atoms with van der Waals surface area (Å²) in [5.74, 6) is -0.0968. The van der Waals surface area contributed by atoms with Crippen LogP contribution in [0.15, 0.2) is 24.3 Å². The van der Waals surface area contributed by atoms with E-state index in [0.29, 0.717) is 50.9 Å². The summed E-state index contributed by atoms with van der Waals surface area (Å²) < 4.78 is 39.5. The molecule has 0 aromatic heterocycles. The lowest BCUT2D eigenvalue weighted by Crippen LogP contribution is -2.37. The van der Waals surface area contributed by atoms with Crippen LogP contribution in [0.25, 0.3) is 0 Å². The number of sulfonamides is 1. The Morgan fingerprint density at radius 3 is 2.52 bits per heavy atom. The van der Waals surface area contributed by atoms with E-state index in [9.17, 15) is 17.6 Å². The number of aryl methyl sites for hydroxylation is 1. The van der Waals surface area contributed by atoms with Crippen molar-refractivity contribution in [1.82, 2.24) is 9.62 Å². The molecular weight excluding hydrogens is 367 g/mol. The van der Waals surface area contributed by atoms with Gasteiger partial charge in [0.2, 0.25) is 15.9 Å². The molecule has 152 valence electrons. The Labute approximate surface area is 162 Å². The van der Waals surface area contributed by atoms with Gasteiger partial charge < -0.3 is 5.32 Å². The van der Waals surface area contributed by atoms with E-state index in [-0.39, 0.29) is 17.5 Å². The molecule has 1 aromatic rings. The monoisotopic (exact) mass is 398 g/mol. The van der Waals surface area contributed by atoms with Gasteiger partial charge >= 0.3 is 0 Å². The Kier molecular flexibility index (Phi) is 9.21. The fourth-order valence-corrected chi connectivity index (χ4v) is 4.94. The van der Waals surface area contributed by atoms with Gasteiger partial charge in [-0.1, -0.05) is 24.6 Å². The lowest BCUT2D eigenvalue weighted by atomic mass is 10.1. The van der Waals surface area contributed by atoms with Crippen molar-refractivity contribution in [3.63, 3.8) is 0 Å². The van der Waals surface area contributed by atoms with Gasteiger partial charge in [0.05, 0.1) is 5.75 Å². The van der Waals surface area contributed by atoms with Crippen molar-refractivity contribution in [2.24, 2.45) is 0 Å². The van der Waals surface area contributed by atoms with Crippen LogP contribution in [0.2, 0.25) is 0 Å². The Morgan fingerprint density at radius 2 is 1.78 bits per heavy atom. The van der Waals surface area contributed by atoms with Crippen molar-refractivity contribution < 1.29 is 17.6 Å². The van der Waals surface area contributed by atoms with Gasteiger partial charge in [0, 0.05) is 26.1 Å². The van der Waals surface area contributed by atoms with Crippen LogP contribution in [0.4, 0.5) is 4.39 Å². The number of amides is 1. The summed E-state index contributed by atoms with van der Waals surface area (Å²) in [5, 5.41) is 2.85. The Bertz CT molecular complexity index is 688. The quantitative estimate of drug-likeness (QED) is 0.582. The zero-order valence-corrected chi connectivity index (χ0v) is 16.8. The molecule has 1 aromatic carbocycles. The average molecular weight is 399 g/mol. The molecule has 0 aliphatic carbocycles. The molecule has 0 radical (unpaired) electrons. The zero-order chi connectivity index (χ0) is 19.5. The molecule has 1 aliphatic rings. The maximum atomic E-state index is 13.5. The second-order valence-corrected chi connectivity index (χ2v) is 9.22. The molecule has 1 N–H and O–H groups in total. The molecule has 0 unspecified atom stereocenters. The fourth-order valence-electron chi connectivity index (χ4n) is 3.30. The standard InChI is InChI=1S/C20H31FN2O3S/c21-19-12-3-2-10-18(19)11-4-6-14-22-20(24)13-5-9-17-27(25,26)23-15-7-1-8-16-23/h2-3,10,12H,1,4-9,11,13-17H2,(H,22,24). The first kappa shape index (κ1) is 21.8. The van der Waals surface area contributed by atoms with Crippen molar-refractivity contribution in [1.29, 1.82) is 0 Å². The fraction of sp³-hybridized carbons (Fsp3) is 0.650. The first-order chi connectivity index (χ1) is 13.0. The number of piperidine rings is 1. The maximum absolute atomic E-state index is 13.5. The van der Waals surface area contributed by atoms with Gasteiger partial charge in [-0.15, -0.1) is 0 Å². The number of hydrogen-bond acceptors (Lipinski definition) is 3. The highest BCUT2D eigenvalue weighted by Crippen LogP contribution is 2.15. The zero-order valence-electron chi connectivity index (χ0n) is 16.0. The van der Waals surface area contributed by atoms with Gasteiger partial charge in [-0.05, 0) is 56.6 Å². The average Bonchev–Trinajstić information content (AvgIpc) is 2.67. The van der Waals surface area contributed by atoms with E-state index in [2.05, 4.69) is 5.32 Å². The first-order valence-corrected chi connectivity index (χ1v) is 11.6. The summed E-state index contributed by atoms with van der Waals surface area (Å²) in [6.07, 6.45) is 6.70. The molecule has 5 nitrogen and oxygen atoms in total. The highest BCUT2D eigenvalue weighted by atomic mass is 32.2. The SMILES string of the molecule is O=C(CCCCS(=O)(=O)N1CCCCC1)NCCCCc1ccccc1F. The summed E-state index contributed by atoms with van der Waals surface area (Å²) in [4.78, 5) is 11.8. The van der Waals surface area contributed by atoms with E-state index in [1.807, 2.05) is 6.07 Å². The van der Waals surface area contributed by atoms with E-state index in [1.165, 1.54) is 6.07 Å². The van der Waals surface area contributed by atoms with E-state index >= 15 is 0 Å². The van der Waals surface area contributed by atoms with E-state index in [1.54, 1.807) is 16.4 Å². The van der Waals surface area contributed by atoms with Crippen LogP contribution < -0.4 is 5.32 Å². The van der Waals surface area contributed by atoms with E-state index in [4.69, 9.17) is 0 Å². The van der Waals surface area contributed by atoms with Crippen molar-refractivity contribution >= 4 is 15.9 Å². The number of nitrogens with one attached hydrogen (secondary N) is 1. The molecule has 1 fully saturated rings. The second-order valence-electron chi connectivity index (χ2n) is 7.13. The molecule has 0 spiro atoms. The Balaban J connectivity index is 1.51. The van der Waals surface area contributed by atoms with Crippen molar-refractivity contribution in [3.8, 4) is 0 Å². The number of nitrogens with zero attached hydrogens (tertiary/aromatic N) is 1. The number of carbonyl (C=O) groups excluding carboxylic acids is 1. The summed E-state index contributed by atoms with van der Waals surface area (Å²) in [6.45, 7) is 1.84. The molecule has 1 heterocycles. The normalized spacial score (nSPS) is 15.6. The van der Waals surface area contributed by atoms with Crippen LogP contribution >= 0.6 is 0 Å². The molecule has 7 heteroatoms. The summed E-state index contributed by atoms with van der Waals surface area (Å²) in [7, 11) is -3.16. The van der Waals surface area contributed by atoms with Crippen LogP contribution in [0.3, 0.4) is 0 Å². The van der Waals surface area contributed by atoms with Gasteiger partial charge in [-0.2, -0.15) is 0 Å². The highest BCUT2D eigenvalue weighted by Gasteiger charge is 2.23. The largest absolute Gasteiger partial charge is 0.356 e. The van der Waals surface area contributed by atoms with Crippen molar-refractivity contribution in [2.75, 3.05) is 25.4 Å². The predicted octanol–water partition coefficient (Wildman–Crippen LogP) is 3.25. The topological polar surface area (TPSA) is 66.5 Å². The van der Waals surface area contributed by atoms with Crippen LogP contribution in [-0.4, -0.2) is 44.0 Å². The summed E-state index contributed by atoms with van der Waals surface area (Å²) in [6, 6.07) is 6.75. The van der Waals surface area contributed by atoms with Gasteiger partial charge in [0.15, 0.2) is 0 Å². The minimum absolute atomic E-state index is 0.0451. The minimum Gasteiger partial charge on any atom is -0.356 e. The third-order valence-electron chi connectivity index (χ3n) is 4.92. The summed E-state index contributed by atoms with van der Waals surface area (Å²) >= 11 is 0. The van der Waals surface area contributed by atoms with E-state index < -0.39 is 10.0 Å². The predicted molar refractivity (Wildman–Crippen MR) is 105 cm³/mol. The third-order valence-corrected chi connectivity index (χ3v) is 6.87. The van der Waals surface area contributed by atoms with Gasteiger partial charge in [0.1, 0.15) is 5.82 Å². The number of rotatable bonds is 11. The molecule has 0 saturated carbocycles. The molecule has 0 atom stereocenters. The maximum Gasteiger partial charge on any atom is 0.219 e. The minimum atomic E-state index is -3.16. The van der Waals surface area contributed by atoms with Gasteiger partial charge in [-0.3, -0.25) is 4.79 Å². The van der Waals surface area contributed by atoms with Crippen LogP contribution in [0.1, 0.15) is 56.9 Å². The lowest BCUT2D eigenvalue weighted by Gasteiger charge is -2.25. The van der Waals surface area contributed by atoms with Crippen LogP contribution in [0, 0.1) is 5.82 Å². The second kappa shape index (κ2) is 11.4. The molecule has 1 aliphatic heterocycles. The van der Waals surface area contributed by atoms with Gasteiger partial charge in [-0.25, -0.2) is 17.1 Å². The number of unbranched alkanes of at least 4 members (excludes halogenated alkanes) is 2. The van der Waals surface area contributed by atoms with E-state index in [0.717, 1.165) is 32.1 Å². The number of carbonyl (C=O) groups is 1. The lowest BCUT2D eigenvalue weighted by molar-refractivity contribution is -0.121. The first-order valence-electron chi connectivity index (χ1n) is 9.97. The smallest absolute Gasteiger partial charge is 0.219 e. The van der Waals surface area contributed by atoms with Crippen molar-refractivity contribution in [3.05, 3.63) is 35.6 Å². The third kappa shape index (κ3) is 7.97.